The molecule has 18 heteroatoms. The Morgan fingerprint density at radius 2 is 1.17 bits per heavy atom. The van der Waals surface area contributed by atoms with Crippen LogP contribution in [0.4, 0.5) is 9.59 Å². The number of carbonyl (C=O) groups excluding carboxylic acids is 4. The molecule has 5 N–H and O–H groups in total. The lowest BCUT2D eigenvalue weighted by molar-refractivity contribution is -0.143. The Morgan fingerprint density at radius 1 is 0.754 bits per heavy atom. The van der Waals surface area contributed by atoms with Gasteiger partial charge in [0.05, 0.1) is 39.5 Å². The maximum atomic E-state index is 13.8. The Hall–Kier alpha value is -5.88. The molecule has 0 aliphatic carbocycles. The SMILES string of the molecule is C#C.C#C.C1CCOCC1.COC(=O)NC(C(=O)N(Cc1nc(-c2ccc(-c3ccc(-c4nc(CN(C)[C@H](C)C(C)C)[nH]c4Cl)cc3)cc2)c(Cl)[nH]1)C(C)C(C)C)C(C)(C)O.COC(=O)NCC=O. The molecule has 16 nitrogen and oxygen atoms in total. The van der Waals surface area contributed by atoms with Crippen molar-refractivity contribution in [2.75, 3.05) is 41.0 Å². The fourth-order valence-corrected chi connectivity index (χ4v) is 7.09. The lowest BCUT2D eigenvalue weighted by Crippen LogP contribution is -2.60. The molecular formula is C51H72Cl2N8O8. The van der Waals surface area contributed by atoms with Gasteiger partial charge in [0.15, 0.2) is 0 Å². The van der Waals surface area contributed by atoms with Gasteiger partial charge in [-0.25, -0.2) is 19.6 Å². The lowest BCUT2D eigenvalue weighted by atomic mass is 9.95. The molecular weight excluding hydrogens is 924 g/mol. The molecule has 2 aromatic heterocycles. The second-order valence-electron chi connectivity index (χ2n) is 17.1. The summed E-state index contributed by atoms with van der Waals surface area (Å²) >= 11 is 13.2. The molecule has 1 fully saturated rings. The zero-order valence-corrected chi connectivity index (χ0v) is 43.4. The third-order valence-corrected chi connectivity index (χ3v) is 11.7. The van der Waals surface area contributed by atoms with E-state index in [2.05, 4.69) is 83.8 Å². The van der Waals surface area contributed by atoms with Crippen LogP contribution >= 0.6 is 23.2 Å². The van der Waals surface area contributed by atoms with E-state index in [-0.39, 0.29) is 25.0 Å². The van der Waals surface area contributed by atoms with Crippen LogP contribution in [0.3, 0.4) is 0 Å². The van der Waals surface area contributed by atoms with Crippen LogP contribution in [-0.2, 0) is 36.9 Å². The summed E-state index contributed by atoms with van der Waals surface area (Å²) in [5.41, 5.74) is 3.46. The largest absolute Gasteiger partial charge is 0.453 e. The minimum absolute atomic E-state index is 0.00662. The second-order valence-corrected chi connectivity index (χ2v) is 17.9. The van der Waals surface area contributed by atoms with Crippen molar-refractivity contribution in [1.29, 1.82) is 0 Å². The van der Waals surface area contributed by atoms with Gasteiger partial charge in [0.2, 0.25) is 5.91 Å². The van der Waals surface area contributed by atoms with E-state index in [1.165, 1.54) is 47.3 Å². The predicted octanol–water partition coefficient (Wildman–Crippen LogP) is 9.01. The Labute approximate surface area is 419 Å². The maximum absolute atomic E-state index is 13.8. The third kappa shape index (κ3) is 19.9. The van der Waals surface area contributed by atoms with E-state index in [1.54, 1.807) is 4.90 Å². The third-order valence-electron chi connectivity index (χ3n) is 11.2. The van der Waals surface area contributed by atoms with Gasteiger partial charge >= 0.3 is 12.2 Å². The number of aromatic amines is 2. The van der Waals surface area contributed by atoms with Gasteiger partial charge in [-0.15, -0.1) is 25.7 Å². The van der Waals surface area contributed by atoms with Crippen molar-refractivity contribution in [1.82, 2.24) is 40.4 Å². The summed E-state index contributed by atoms with van der Waals surface area (Å²) in [4.78, 5) is 65.3. The predicted molar refractivity (Wildman–Crippen MR) is 274 cm³/mol. The molecule has 0 bridgehead atoms. The molecule has 1 aliphatic heterocycles. The van der Waals surface area contributed by atoms with Crippen molar-refractivity contribution in [3.05, 3.63) is 70.5 Å². The molecule has 0 radical (unpaired) electrons. The van der Waals surface area contributed by atoms with E-state index in [4.69, 9.17) is 42.6 Å². The van der Waals surface area contributed by atoms with Gasteiger partial charge in [-0.3, -0.25) is 9.69 Å². The number of ether oxygens (including phenoxy) is 3. The first-order valence-electron chi connectivity index (χ1n) is 22.5. The van der Waals surface area contributed by atoms with Crippen molar-refractivity contribution in [3.8, 4) is 59.3 Å². The summed E-state index contributed by atoms with van der Waals surface area (Å²) in [6, 6.07) is 14.9. The number of aromatic nitrogens is 4. The van der Waals surface area contributed by atoms with Gasteiger partial charge in [0.25, 0.3) is 0 Å². The molecule has 69 heavy (non-hydrogen) atoms. The number of hydrogen-bond donors (Lipinski definition) is 5. The van der Waals surface area contributed by atoms with Gasteiger partial charge < -0.3 is 49.6 Å². The van der Waals surface area contributed by atoms with Crippen LogP contribution in [0.25, 0.3) is 33.6 Å². The number of alkyl carbamates (subject to hydrolysis) is 2. The number of amides is 3. The van der Waals surface area contributed by atoms with E-state index in [1.807, 2.05) is 69.3 Å². The lowest BCUT2D eigenvalue weighted by Gasteiger charge is -2.37. The summed E-state index contributed by atoms with van der Waals surface area (Å²) in [6.07, 6.45) is 19.1. The van der Waals surface area contributed by atoms with E-state index in [0.717, 1.165) is 47.0 Å². The molecule has 2 aromatic carbocycles. The number of aldehydes is 1. The number of carbonyl (C=O) groups is 4. The van der Waals surface area contributed by atoms with E-state index in [9.17, 15) is 24.3 Å². The Morgan fingerprint density at radius 3 is 1.52 bits per heavy atom. The van der Waals surface area contributed by atoms with Crippen LogP contribution in [0, 0.1) is 37.5 Å². The Balaban J connectivity index is 0.00000112. The van der Waals surface area contributed by atoms with Gasteiger partial charge in [-0.05, 0) is 77.0 Å². The number of hydrogen-bond acceptors (Lipinski definition) is 11. The fraction of sp³-hybridized carbons (Fsp3) is 0.490. The summed E-state index contributed by atoms with van der Waals surface area (Å²) in [7, 11) is 4.53. The maximum Gasteiger partial charge on any atom is 0.407 e. The Kier molecular flexibility index (Phi) is 27.7. The molecule has 3 atom stereocenters. The minimum atomic E-state index is -1.56. The monoisotopic (exact) mass is 994 g/mol. The van der Waals surface area contributed by atoms with Crippen molar-refractivity contribution < 1.29 is 38.5 Å². The highest BCUT2D eigenvalue weighted by molar-refractivity contribution is 6.32. The number of halogens is 2. The smallest absolute Gasteiger partial charge is 0.407 e. The molecule has 0 saturated carbocycles. The zero-order chi connectivity index (χ0) is 52.4. The molecule has 5 rings (SSSR count). The number of nitrogens with zero attached hydrogens (tertiary/aromatic N) is 4. The summed E-state index contributed by atoms with van der Waals surface area (Å²) in [6.45, 7) is 18.2. The van der Waals surface area contributed by atoms with Crippen LogP contribution in [0.5, 0.6) is 0 Å². The highest BCUT2D eigenvalue weighted by atomic mass is 35.5. The van der Waals surface area contributed by atoms with Gasteiger partial charge in [0, 0.05) is 36.4 Å². The van der Waals surface area contributed by atoms with E-state index < -0.39 is 29.7 Å². The van der Waals surface area contributed by atoms with Gasteiger partial charge in [0.1, 0.15) is 45.7 Å². The average Bonchev–Trinajstić information content (AvgIpc) is 3.92. The molecule has 0 spiro atoms. The first-order valence-corrected chi connectivity index (χ1v) is 23.2. The number of terminal acetylenes is 2. The van der Waals surface area contributed by atoms with E-state index in [0.29, 0.717) is 46.6 Å². The standard InChI is InChI=1S/C38H51Cl2N7O4.C5H10O.C4H7NO3.2C2H2/c1-21(2)23(5)46(9)19-29-41-31(34(39)43-29)27-15-11-25(12-16-27)26-13-17-28(18-14-26)32-35(40)44-30(42-32)20-47(24(6)22(3)4)36(48)33(38(7,8)50)45-37(49)51-10;1-2-4-6-5-3-1;1-8-4(7)5-2-3-6;2*1-2/h11-18,21-24,33,50H,19-20H2,1-10H3,(H,41,43)(H,42,44)(H,45,49);1-5H2;3H,2H2,1H3,(H,5,7);2*1-2H/t23-,24?,33?;;;;/m1..../s1. The second kappa shape index (κ2) is 31.3. The van der Waals surface area contributed by atoms with Crippen LogP contribution in [0.2, 0.25) is 10.3 Å². The minimum Gasteiger partial charge on any atom is -0.453 e. The highest BCUT2D eigenvalue weighted by Gasteiger charge is 2.40. The topological polar surface area (TPSA) is 204 Å². The fourth-order valence-electron chi connectivity index (χ4n) is 6.57. The van der Waals surface area contributed by atoms with Crippen molar-refractivity contribution in [3.63, 3.8) is 0 Å². The van der Waals surface area contributed by atoms with Crippen LogP contribution < -0.4 is 10.6 Å². The normalized spacial score (nSPS) is 13.2. The van der Waals surface area contributed by atoms with Gasteiger partial charge in [-0.1, -0.05) is 99.4 Å². The molecule has 3 amide bonds. The van der Waals surface area contributed by atoms with Crippen LogP contribution in [-0.4, -0.2) is 124 Å². The quantitative estimate of drug-likeness (QED) is 0.0529. The molecule has 1 saturated heterocycles. The number of nitrogens with one attached hydrogen (secondary N) is 4. The molecule has 3 heterocycles. The molecule has 378 valence electrons. The Bertz CT molecular complexity index is 2180. The number of H-pyrrole nitrogens is 2. The summed E-state index contributed by atoms with van der Waals surface area (Å²) in [5, 5.41) is 16.3. The highest BCUT2D eigenvalue weighted by Crippen LogP contribution is 2.32. The number of aliphatic hydroxyl groups is 1. The van der Waals surface area contributed by atoms with Crippen LogP contribution in [0.1, 0.15) is 86.3 Å². The van der Waals surface area contributed by atoms with Crippen molar-refractivity contribution in [2.24, 2.45) is 11.8 Å². The van der Waals surface area contributed by atoms with Crippen molar-refractivity contribution in [2.45, 2.75) is 111 Å². The zero-order valence-electron chi connectivity index (χ0n) is 41.9. The molecule has 4 aromatic rings. The molecule has 1 aliphatic rings. The van der Waals surface area contributed by atoms with Crippen LogP contribution in [0.15, 0.2) is 48.5 Å². The number of rotatable bonds is 16. The van der Waals surface area contributed by atoms with E-state index >= 15 is 0 Å². The summed E-state index contributed by atoms with van der Waals surface area (Å²) in [5.74, 6) is 1.41. The number of benzene rings is 2. The average molecular weight is 996 g/mol. The molecule has 2 unspecified atom stereocenters. The number of imidazole rings is 2. The first-order chi connectivity index (χ1) is 32.7. The number of methoxy groups -OCH3 is 2. The summed E-state index contributed by atoms with van der Waals surface area (Å²) < 4.78 is 13.9. The van der Waals surface area contributed by atoms with Crippen molar-refractivity contribution >= 4 is 47.6 Å². The van der Waals surface area contributed by atoms with Gasteiger partial charge in [-0.2, -0.15) is 0 Å². The first kappa shape index (κ1) is 61.1.